The highest BCUT2D eigenvalue weighted by atomic mass is 32.2. The van der Waals surface area contributed by atoms with E-state index in [1.54, 1.807) is 18.2 Å². The van der Waals surface area contributed by atoms with E-state index in [1.165, 1.54) is 0 Å². The van der Waals surface area contributed by atoms with Gasteiger partial charge in [0.1, 0.15) is 13.2 Å². The second-order valence-corrected chi connectivity index (χ2v) is 6.50. The van der Waals surface area contributed by atoms with Gasteiger partial charge in [-0.2, -0.15) is 11.8 Å². The van der Waals surface area contributed by atoms with E-state index in [4.69, 9.17) is 9.47 Å². The summed E-state index contributed by atoms with van der Waals surface area (Å²) in [5, 5.41) is 0. The Morgan fingerprint density at radius 2 is 1.77 bits per heavy atom. The van der Waals surface area contributed by atoms with Gasteiger partial charge in [-0.25, -0.2) is 0 Å². The Kier molecular flexibility index (Phi) is 4.87. The highest BCUT2D eigenvalue weighted by Crippen LogP contribution is 2.31. The molecule has 1 aromatic rings. The van der Waals surface area contributed by atoms with Crippen LogP contribution in [0, 0.1) is 0 Å². The largest absolute Gasteiger partial charge is 0.486 e. The summed E-state index contributed by atoms with van der Waals surface area (Å²) >= 11 is 1.86. The Hall–Kier alpha value is -1.69. The van der Waals surface area contributed by atoms with Crippen molar-refractivity contribution >= 4 is 23.5 Å². The minimum Gasteiger partial charge on any atom is -0.486 e. The van der Waals surface area contributed by atoms with Crippen molar-refractivity contribution in [3.8, 4) is 11.5 Å². The molecule has 1 amide bonds. The summed E-state index contributed by atoms with van der Waals surface area (Å²) in [5.41, 5.74) is 0.575. The number of nitrogens with zero attached hydrogens (tertiary/aromatic N) is 1. The molecule has 2 aliphatic heterocycles. The van der Waals surface area contributed by atoms with E-state index in [-0.39, 0.29) is 24.5 Å². The van der Waals surface area contributed by atoms with E-state index in [0.29, 0.717) is 30.3 Å². The van der Waals surface area contributed by atoms with Gasteiger partial charge in [0.15, 0.2) is 17.3 Å². The zero-order valence-corrected chi connectivity index (χ0v) is 13.2. The molecule has 22 heavy (non-hydrogen) atoms. The van der Waals surface area contributed by atoms with Crippen LogP contribution >= 0.6 is 11.8 Å². The highest BCUT2D eigenvalue weighted by Gasteiger charge is 2.19. The fraction of sp³-hybridized carbons (Fsp3) is 0.500. The van der Waals surface area contributed by atoms with E-state index in [2.05, 4.69) is 0 Å². The van der Waals surface area contributed by atoms with Crippen molar-refractivity contribution in [1.82, 2.24) is 4.90 Å². The lowest BCUT2D eigenvalue weighted by Gasteiger charge is -2.26. The maximum Gasteiger partial charge on any atom is 0.223 e. The zero-order valence-electron chi connectivity index (χ0n) is 12.4. The first kappa shape index (κ1) is 15.2. The number of ether oxygens (including phenoxy) is 2. The third-order valence-corrected chi connectivity index (χ3v) is 4.74. The highest BCUT2D eigenvalue weighted by molar-refractivity contribution is 7.99. The van der Waals surface area contributed by atoms with E-state index < -0.39 is 0 Å². The molecule has 1 saturated heterocycles. The van der Waals surface area contributed by atoms with Crippen LogP contribution in [0.15, 0.2) is 18.2 Å². The van der Waals surface area contributed by atoms with Gasteiger partial charge in [-0.05, 0) is 18.2 Å². The van der Waals surface area contributed by atoms with Gasteiger partial charge in [0.25, 0.3) is 0 Å². The number of thioether (sulfide) groups is 1. The van der Waals surface area contributed by atoms with E-state index >= 15 is 0 Å². The Morgan fingerprint density at radius 1 is 1.05 bits per heavy atom. The van der Waals surface area contributed by atoms with Gasteiger partial charge in [-0.3, -0.25) is 9.59 Å². The lowest BCUT2D eigenvalue weighted by atomic mass is 10.1. The van der Waals surface area contributed by atoms with Crippen molar-refractivity contribution < 1.29 is 19.1 Å². The Morgan fingerprint density at radius 3 is 2.55 bits per heavy atom. The quantitative estimate of drug-likeness (QED) is 0.794. The average molecular weight is 321 g/mol. The lowest BCUT2D eigenvalue weighted by molar-refractivity contribution is -0.130. The second-order valence-electron chi connectivity index (χ2n) is 5.27. The molecule has 2 aliphatic rings. The van der Waals surface area contributed by atoms with Crippen molar-refractivity contribution in [2.24, 2.45) is 0 Å². The molecule has 118 valence electrons. The van der Waals surface area contributed by atoms with E-state index in [9.17, 15) is 9.59 Å². The zero-order chi connectivity index (χ0) is 15.4. The van der Waals surface area contributed by atoms with Crippen molar-refractivity contribution in [3.63, 3.8) is 0 Å². The maximum absolute atomic E-state index is 12.2. The number of benzene rings is 1. The molecule has 0 saturated carbocycles. The van der Waals surface area contributed by atoms with Gasteiger partial charge in [0.2, 0.25) is 5.91 Å². The molecule has 0 N–H and O–H groups in total. The van der Waals surface area contributed by atoms with Gasteiger partial charge < -0.3 is 14.4 Å². The van der Waals surface area contributed by atoms with Crippen molar-refractivity contribution in [2.45, 2.75) is 12.8 Å². The molecule has 1 aromatic carbocycles. The van der Waals surface area contributed by atoms with Crippen LogP contribution in [0.5, 0.6) is 11.5 Å². The van der Waals surface area contributed by atoms with E-state index in [1.807, 2.05) is 16.7 Å². The van der Waals surface area contributed by atoms with Gasteiger partial charge in [0.05, 0.1) is 0 Å². The van der Waals surface area contributed by atoms with Gasteiger partial charge >= 0.3 is 0 Å². The molecular formula is C16H19NO4S. The van der Waals surface area contributed by atoms with E-state index in [0.717, 1.165) is 24.6 Å². The lowest BCUT2D eigenvalue weighted by Crippen LogP contribution is -2.37. The number of hydrogen-bond donors (Lipinski definition) is 0. The van der Waals surface area contributed by atoms with Crippen LogP contribution in [0.1, 0.15) is 23.2 Å². The minimum atomic E-state index is -0.0308. The number of amides is 1. The summed E-state index contributed by atoms with van der Waals surface area (Å²) in [4.78, 5) is 26.2. The molecule has 2 heterocycles. The SMILES string of the molecule is O=C(CCC(=O)N1CCSCC1)c1ccc2c(c1)OCCO2. The van der Waals surface area contributed by atoms with Gasteiger partial charge in [0, 0.05) is 43.0 Å². The normalized spacial score (nSPS) is 17.2. The predicted molar refractivity (Wildman–Crippen MR) is 84.9 cm³/mol. The molecule has 0 atom stereocenters. The number of fused-ring (bicyclic) bond motifs is 1. The Labute approximate surface area is 134 Å². The van der Waals surface area contributed by atoms with Crippen molar-refractivity contribution in [3.05, 3.63) is 23.8 Å². The van der Waals surface area contributed by atoms with Crippen LogP contribution in [0.25, 0.3) is 0 Å². The fourth-order valence-electron chi connectivity index (χ4n) is 2.55. The van der Waals surface area contributed by atoms with Crippen molar-refractivity contribution in [1.29, 1.82) is 0 Å². The predicted octanol–water partition coefficient (Wildman–Crippen LogP) is 2.00. The van der Waals surface area contributed by atoms with Crippen LogP contribution in [0.4, 0.5) is 0 Å². The second kappa shape index (κ2) is 7.05. The monoisotopic (exact) mass is 321 g/mol. The summed E-state index contributed by atoms with van der Waals surface area (Å²) in [5.74, 6) is 3.30. The number of Topliss-reactive ketones (excluding diaryl/α,β-unsaturated/α-hetero) is 1. The number of carbonyl (C=O) groups is 2. The number of hydrogen-bond acceptors (Lipinski definition) is 5. The molecule has 6 heteroatoms. The third-order valence-electron chi connectivity index (χ3n) is 3.79. The summed E-state index contributed by atoms with van der Waals surface area (Å²) in [7, 11) is 0. The summed E-state index contributed by atoms with van der Waals surface area (Å²) < 4.78 is 10.9. The summed E-state index contributed by atoms with van der Waals surface area (Å²) in [6.45, 7) is 2.61. The average Bonchev–Trinajstić information content (AvgIpc) is 2.59. The van der Waals surface area contributed by atoms with Gasteiger partial charge in [-0.15, -0.1) is 0 Å². The molecule has 0 unspecified atom stereocenters. The first-order valence-electron chi connectivity index (χ1n) is 7.52. The molecule has 0 aromatic heterocycles. The first-order valence-corrected chi connectivity index (χ1v) is 8.68. The van der Waals surface area contributed by atoms with Crippen LogP contribution < -0.4 is 9.47 Å². The molecule has 0 bridgehead atoms. The van der Waals surface area contributed by atoms with Crippen LogP contribution in [0.2, 0.25) is 0 Å². The fourth-order valence-corrected chi connectivity index (χ4v) is 3.46. The first-order chi connectivity index (χ1) is 10.7. The third kappa shape index (κ3) is 3.55. The molecule has 0 aliphatic carbocycles. The topological polar surface area (TPSA) is 55.8 Å². The molecule has 0 spiro atoms. The van der Waals surface area contributed by atoms with Crippen molar-refractivity contribution in [2.75, 3.05) is 37.8 Å². The van der Waals surface area contributed by atoms with Crippen LogP contribution in [0.3, 0.4) is 0 Å². The summed E-state index contributed by atoms with van der Waals surface area (Å²) in [6, 6.07) is 5.20. The Balaban J connectivity index is 1.56. The Bertz CT molecular complexity index is 569. The molecule has 0 radical (unpaired) electrons. The number of ketones is 1. The smallest absolute Gasteiger partial charge is 0.223 e. The molecular weight excluding hydrogens is 302 g/mol. The summed E-state index contributed by atoms with van der Waals surface area (Å²) in [6.07, 6.45) is 0.514. The van der Waals surface area contributed by atoms with Gasteiger partial charge in [-0.1, -0.05) is 0 Å². The molecule has 3 rings (SSSR count). The van der Waals surface area contributed by atoms with Crippen LogP contribution in [-0.2, 0) is 4.79 Å². The number of rotatable bonds is 4. The number of carbonyl (C=O) groups excluding carboxylic acids is 2. The minimum absolute atomic E-state index is 0.0308. The molecule has 5 nitrogen and oxygen atoms in total. The molecule has 1 fully saturated rings. The maximum atomic E-state index is 12.2. The van der Waals surface area contributed by atoms with Crippen LogP contribution in [-0.4, -0.2) is 54.4 Å². The standard InChI is InChI=1S/C16H19NO4S/c18-13(2-4-16(19)17-5-9-22-10-6-17)12-1-3-14-15(11-12)21-8-7-20-14/h1,3,11H,2,4-10H2.